The Hall–Kier alpha value is -0.120. The molecule has 3 heteroatoms. The Balaban J connectivity index is 1.85. The number of ether oxygens (including phenoxy) is 1. The number of rotatable bonds is 6. The molecule has 2 heterocycles. The van der Waals surface area contributed by atoms with Crippen LogP contribution >= 0.6 is 0 Å². The summed E-state index contributed by atoms with van der Waals surface area (Å²) in [6, 6.07) is 0. The molecule has 1 N–H and O–H groups in total. The molecule has 0 aromatic carbocycles. The first-order valence-corrected chi connectivity index (χ1v) is 7.85. The Morgan fingerprint density at radius 1 is 1.11 bits per heavy atom. The van der Waals surface area contributed by atoms with Crippen LogP contribution in [0.15, 0.2) is 0 Å². The molecule has 0 amide bonds. The van der Waals surface area contributed by atoms with Crippen molar-refractivity contribution in [3.05, 3.63) is 0 Å². The van der Waals surface area contributed by atoms with E-state index >= 15 is 0 Å². The average Bonchev–Trinajstić information content (AvgIpc) is 2.41. The van der Waals surface area contributed by atoms with Gasteiger partial charge in [0.05, 0.1) is 0 Å². The zero-order chi connectivity index (χ0) is 12.7. The van der Waals surface area contributed by atoms with Crippen LogP contribution in [0.2, 0.25) is 0 Å². The van der Waals surface area contributed by atoms with Gasteiger partial charge in [-0.2, -0.15) is 0 Å². The summed E-state index contributed by atoms with van der Waals surface area (Å²) in [6.45, 7) is 10.4. The van der Waals surface area contributed by atoms with E-state index in [1.807, 2.05) is 0 Å². The number of hydrogen-bond donors (Lipinski definition) is 1. The van der Waals surface area contributed by atoms with Crippen molar-refractivity contribution in [2.75, 3.05) is 45.9 Å². The number of nitrogens with one attached hydrogen (secondary N) is 1. The molecule has 2 saturated heterocycles. The first-order chi connectivity index (χ1) is 8.85. The van der Waals surface area contributed by atoms with Gasteiger partial charge in [0.1, 0.15) is 0 Å². The monoisotopic (exact) mass is 254 g/mol. The lowest BCUT2D eigenvalue weighted by atomic mass is 9.79. The van der Waals surface area contributed by atoms with Crippen LogP contribution in [0.4, 0.5) is 0 Å². The maximum Gasteiger partial charge on any atom is 0.0472 e. The second-order valence-electron chi connectivity index (χ2n) is 6.13. The van der Waals surface area contributed by atoms with Gasteiger partial charge in [-0.05, 0) is 57.2 Å². The molecule has 0 aromatic rings. The summed E-state index contributed by atoms with van der Waals surface area (Å²) >= 11 is 0. The summed E-state index contributed by atoms with van der Waals surface area (Å²) in [5, 5.41) is 3.65. The van der Waals surface area contributed by atoms with Crippen LogP contribution in [-0.4, -0.2) is 50.8 Å². The van der Waals surface area contributed by atoms with Crippen LogP contribution in [0.25, 0.3) is 0 Å². The van der Waals surface area contributed by atoms with E-state index in [4.69, 9.17) is 4.74 Å². The highest BCUT2D eigenvalue weighted by molar-refractivity contribution is 4.88. The lowest BCUT2D eigenvalue weighted by Crippen LogP contribution is -2.48. The van der Waals surface area contributed by atoms with Crippen LogP contribution in [0.1, 0.15) is 45.4 Å². The normalized spacial score (nSPS) is 25.2. The third kappa shape index (κ3) is 4.22. The van der Waals surface area contributed by atoms with E-state index in [0.717, 1.165) is 19.8 Å². The fourth-order valence-electron chi connectivity index (χ4n) is 3.32. The van der Waals surface area contributed by atoms with Crippen molar-refractivity contribution in [2.24, 2.45) is 5.41 Å². The quantitative estimate of drug-likeness (QED) is 0.736. The Morgan fingerprint density at radius 3 is 2.50 bits per heavy atom. The van der Waals surface area contributed by atoms with Gasteiger partial charge in [0.2, 0.25) is 0 Å². The number of nitrogens with zero attached hydrogens (tertiary/aromatic N) is 1. The van der Waals surface area contributed by atoms with Gasteiger partial charge >= 0.3 is 0 Å². The summed E-state index contributed by atoms with van der Waals surface area (Å²) in [6.07, 6.45) is 7.93. The second kappa shape index (κ2) is 7.46. The summed E-state index contributed by atoms with van der Waals surface area (Å²) in [7, 11) is 0. The molecule has 3 nitrogen and oxygen atoms in total. The third-order valence-electron chi connectivity index (χ3n) is 4.49. The minimum Gasteiger partial charge on any atom is -0.381 e. The van der Waals surface area contributed by atoms with E-state index in [2.05, 4.69) is 17.1 Å². The van der Waals surface area contributed by atoms with Gasteiger partial charge in [0.15, 0.2) is 0 Å². The molecule has 0 saturated carbocycles. The summed E-state index contributed by atoms with van der Waals surface area (Å²) < 4.78 is 5.57. The molecule has 2 fully saturated rings. The molecule has 2 aliphatic heterocycles. The van der Waals surface area contributed by atoms with E-state index in [0.29, 0.717) is 5.41 Å². The number of likely N-dealkylation sites (tertiary alicyclic amines) is 1. The highest BCUT2D eigenvalue weighted by Gasteiger charge is 2.34. The lowest BCUT2D eigenvalue weighted by Gasteiger charge is -2.42. The zero-order valence-electron chi connectivity index (χ0n) is 12.0. The Morgan fingerprint density at radius 2 is 1.83 bits per heavy atom. The average molecular weight is 254 g/mol. The van der Waals surface area contributed by atoms with Crippen LogP contribution in [0.3, 0.4) is 0 Å². The number of hydrogen-bond acceptors (Lipinski definition) is 3. The van der Waals surface area contributed by atoms with Crippen molar-refractivity contribution < 1.29 is 4.74 Å². The standard InChI is InChI=1S/C15H30N2O/c1-2-8-16-13-15(6-11-18-12-7-15)14-17-9-4-3-5-10-17/h16H,2-14H2,1H3. The maximum atomic E-state index is 5.57. The minimum atomic E-state index is 0.477. The van der Waals surface area contributed by atoms with Crippen molar-refractivity contribution >= 4 is 0 Å². The van der Waals surface area contributed by atoms with Gasteiger partial charge in [-0.3, -0.25) is 0 Å². The molecule has 0 bridgehead atoms. The van der Waals surface area contributed by atoms with Crippen molar-refractivity contribution in [3.8, 4) is 0 Å². The Kier molecular flexibility index (Phi) is 5.93. The van der Waals surface area contributed by atoms with Gasteiger partial charge in [-0.15, -0.1) is 0 Å². The first kappa shape index (κ1) is 14.3. The predicted octanol–water partition coefficient (Wildman–Crippen LogP) is 2.27. The van der Waals surface area contributed by atoms with Gasteiger partial charge < -0.3 is 15.0 Å². The van der Waals surface area contributed by atoms with Gasteiger partial charge in [-0.1, -0.05) is 13.3 Å². The summed E-state index contributed by atoms with van der Waals surface area (Å²) in [5.41, 5.74) is 0.477. The van der Waals surface area contributed by atoms with Gasteiger partial charge in [-0.25, -0.2) is 0 Å². The highest BCUT2D eigenvalue weighted by Crippen LogP contribution is 2.31. The molecular formula is C15H30N2O. The van der Waals surface area contributed by atoms with Crippen LogP contribution < -0.4 is 5.32 Å². The molecule has 0 unspecified atom stereocenters. The van der Waals surface area contributed by atoms with Crippen molar-refractivity contribution in [1.82, 2.24) is 10.2 Å². The molecule has 106 valence electrons. The minimum absolute atomic E-state index is 0.477. The fourth-order valence-corrected chi connectivity index (χ4v) is 3.32. The SMILES string of the molecule is CCCNCC1(CN2CCCCC2)CCOCC1. The molecule has 0 atom stereocenters. The zero-order valence-corrected chi connectivity index (χ0v) is 12.0. The lowest BCUT2D eigenvalue weighted by molar-refractivity contribution is -0.00703. The molecule has 0 aromatic heterocycles. The van der Waals surface area contributed by atoms with E-state index in [9.17, 15) is 0 Å². The Labute approximate surface area is 112 Å². The Bertz CT molecular complexity index is 221. The van der Waals surface area contributed by atoms with Crippen LogP contribution in [-0.2, 0) is 4.74 Å². The highest BCUT2D eigenvalue weighted by atomic mass is 16.5. The summed E-state index contributed by atoms with van der Waals surface area (Å²) in [4.78, 5) is 2.70. The van der Waals surface area contributed by atoms with Crippen molar-refractivity contribution in [3.63, 3.8) is 0 Å². The van der Waals surface area contributed by atoms with Gasteiger partial charge in [0, 0.05) is 26.3 Å². The molecule has 2 rings (SSSR count). The molecule has 0 aliphatic carbocycles. The molecule has 18 heavy (non-hydrogen) atoms. The fraction of sp³-hybridized carbons (Fsp3) is 1.00. The van der Waals surface area contributed by atoms with E-state index < -0.39 is 0 Å². The van der Waals surface area contributed by atoms with Crippen LogP contribution in [0.5, 0.6) is 0 Å². The third-order valence-corrected chi connectivity index (χ3v) is 4.49. The molecule has 2 aliphatic rings. The predicted molar refractivity (Wildman–Crippen MR) is 75.9 cm³/mol. The summed E-state index contributed by atoms with van der Waals surface area (Å²) in [5.74, 6) is 0. The van der Waals surface area contributed by atoms with E-state index in [1.165, 1.54) is 64.7 Å². The van der Waals surface area contributed by atoms with Crippen molar-refractivity contribution in [2.45, 2.75) is 45.4 Å². The smallest absolute Gasteiger partial charge is 0.0472 e. The van der Waals surface area contributed by atoms with E-state index in [-0.39, 0.29) is 0 Å². The topological polar surface area (TPSA) is 24.5 Å². The molecule has 0 spiro atoms. The van der Waals surface area contributed by atoms with Crippen molar-refractivity contribution in [1.29, 1.82) is 0 Å². The molecule has 0 radical (unpaired) electrons. The maximum absolute atomic E-state index is 5.57. The first-order valence-electron chi connectivity index (χ1n) is 7.85. The second-order valence-corrected chi connectivity index (χ2v) is 6.13. The van der Waals surface area contributed by atoms with Crippen LogP contribution in [0, 0.1) is 5.41 Å². The van der Waals surface area contributed by atoms with Gasteiger partial charge in [0.25, 0.3) is 0 Å². The largest absolute Gasteiger partial charge is 0.381 e. The number of piperidine rings is 1. The van der Waals surface area contributed by atoms with E-state index in [1.54, 1.807) is 0 Å². The molecular weight excluding hydrogens is 224 g/mol.